The fourth-order valence-electron chi connectivity index (χ4n) is 6.71. The molecule has 0 saturated heterocycles. The molecule has 0 saturated carbocycles. The lowest BCUT2D eigenvalue weighted by molar-refractivity contribution is 0.480. The highest BCUT2D eigenvalue weighted by atomic mass is 32.2. The lowest BCUT2D eigenvalue weighted by atomic mass is 10.1. The fourth-order valence-corrected chi connectivity index (χ4v) is 8.13. The second-order valence-electron chi connectivity index (χ2n) is 14.3. The topological polar surface area (TPSA) is 275 Å². The number of anilines is 4. The van der Waals surface area contributed by atoms with Crippen LogP contribution in [-0.4, -0.2) is 25.9 Å². The molecule has 20 heteroatoms. The summed E-state index contributed by atoms with van der Waals surface area (Å²) in [6.45, 7) is 0. The number of rotatable bonds is 12. The van der Waals surface area contributed by atoms with E-state index in [1.165, 1.54) is 24.3 Å². The Labute approximate surface area is 372 Å². The third kappa shape index (κ3) is 9.66. The zero-order valence-electron chi connectivity index (χ0n) is 33.8. The highest BCUT2D eigenvalue weighted by Gasteiger charge is 2.18. The highest BCUT2D eigenvalue weighted by Crippen LogP contribution is 2.27. The van der Waals surface area contributed by atoms with Gasteiger partial charge in [0.2, 0.25) is 21.7 Å². The average molecular weight is 921 g/mol. The van der Waals surface area contributed by atoms with E-state index >= 15 is 0 Å². The molecular weight excluding hydrogens is 889 g/mol. The predicted molar refractivity (Wildman–Crippen MR) is 249 cm³/mol. The number of nitrogens with one attached hydrogen (secondary N) is 4. The van der Waals surface area contributed by atoms with Crippen molar-refractivity contribution in [1.29, 1.82) is 0 Å². The maximum Gasteiger partial charge on any atom is 0.295 e. The van der Waals surface area contributed by atoms with Crippen molar-refractivity contribution in [2.75, 3.05) is 21.7 Å². The van der Waals surface area contributed by atoms with Crippen molar-refractivity contribution in [3.63, 3.8) is 0 Å². The van der Waals surface area contributed by atoms with Crippen molar-refractivity contribution in [2.45, 2.75) is 9.79 Å². The van der Waals surface area contributed by atoms with E-state index < -0.39 is 62.5 Å². The first-order valence-electron chi connectivity index (χ1n) is 19.4. The number of fused-ring (bicyclic) bond motifs is 2. The first-order valence-corrected chi connectivity index (χ1v) is 22.3. The monoisotopic (exact) mass is 920 g/mol. The van der Waals surface area contributed by atoms with Crippen LogP contribution in [0.4, 0.5) is 22.7 Å². The minimum absolute atomic E-state index is 0.0106. The molecule has 18 nitrogen and oxygen atoms in total. The summed E-state index contributed by atoms with van der Waals surface area (Å²) >= 11 is 0. The molecule has 0 radical (unpaired) electrons. The summed E-state index contributed by atoms with van der Waals surface area (Å²) < 4.78 is 70.4. The van der Waals surface area contributed by atoms with E-state index in [0.29, 0.717) is 11.4 Å². The van der Waals surface area contributed by atoms with Gasteiger partial charge in [-0.3, -0.25) is 50.0 Å². The first kappa shape index (κ1) is 44.1. The van der Waals surface area contributed by atoms with Crippen LogP contribution in [0.5, 0.6) is 0 Å². The maximum atomic E-state index is 13.2. The van der Waals surface area contributed by atoms with Crippen LogP contribution >= 0.6 is 0 Å². The SMILES string of the molecule is O=c1cc/c(=N\Nc2ccc(/C=C/c3ccc(N/N=c4\ccc(=O)/c(=N\Nc5cccc6ccccc56)c4=O)cc3S(=O)(=O)O)c(S(=O)(=O)O)c2)c(=O)/c1=N/Nc1cccc2ccccc12. The van der Waals surface area contributed by atoms with Gasteiger partial charge in [0.15, 0.2) is 10.7 Å². The summed E-state index contributed by atoms with van der Waals surface area (Å²) in [4.78, 5) is 50.4. The molecule has 0 aliphatic rings. The Hall–Kier alpha value is -8.56. The van der Waals surface area contributed by atoms with Crippen molar-refractivity contribution in [1.82, 2.24) is 0 Å². The minimum Gasteiger partial charge on any atom is -0.287 e. The van der Waals surface area contributed by atoms with E-state index in [-0.39, 0.29) is 33.2 Å². The number of benzene rings is 8. The Morgan fingerprint density at radius 1 is 0.424 bits per heavy atom. The van der Waals surface area contributed by atoms with Gasteiger partial charge in [-0.05, 0) is 82.6 Å². The van der Waals surface area contributed by atoms with E-state index in [2.05, 4.69) is 42.1 Å². The average Bonchev–Trinajstić information content (AvgIpc) is 3.30. The van der Waals surface area contributed by atoms with Crippen LogP contribution in [0.15, 0.2) is 195 Å². The second kappa shape index (κ2) is 18.3. The van der Waals surface area contributed by atoms with Gasteiger partial charge in [0.05, 0.1) is 22.7 Å². The Balaban J connectivity index is 1.04. The Kier molecular flexibility index (Phi) is 12.2. The fraction of sp³-hybridized carbons (Fsp3) is 0. The highest BCUT2D eigenvalue weighted by molar-refractivity contribution is 7.86. The van der Waals surface area contributed by atoms with Crippen LogP contribution in [-0.2, 0) is 20.2 Å². The van der Waals surface area contributed by atoms with Crippen LogP contribution in [0.2, 0.25) is 0 Å². The van der Waals surface area contributed by atoms with Crippen molar-refractivity contribution in [3.05, 3.63) is 219 Å². The molecule has 0 amide bonds. The van der Waals surface area contributed by atoms with Gasteiger partial charge >= 0.3 is 0 Å². The lowest BCUT2D eigenvalue weighted by Crippen LogP contribution is -2.47. The molecule has 0 heterocycles. The van der Waals surface area contributed by atoms with Crippen molar-refractivity contribution in [2.24, 2.45) is 20.4 Å². The molecule has 6 N–H and O–H groups in total. The third-order valence-corrected chi connectivity index (χ3v) is 11.8. The van der Waals surface area contributed by atoms with Crippen molar-refractivity contribution >= 4 is 76.7 Å². The molecule has 0 bridgehead atoms. The quantitative estimate of drug-likeness (QED) is 0.0581. The molecule has 8 aromatic rings. The second-order valence-corrected chi connectivity index (χ2v) is 17.0. The molecule has 0 aromatic heterocycles. The van der Waals surface area contributed by atoms with E-state index in [1.54, 1.807) is 24.3 Å². The first-order chi connectivity index (χ1) is 31.6. The lowest BCUT2D eigenvalue weighted by Gasteiger charge is -2.08. The van der Waals surface area contributed by atoms with Gasteiger partial charge in [0.25, 0.3) is 20.2 Å². The van der Waals surface area contributed by atoms with E-state index in [0.717, 1.165) is 70.1 Å². The largest absolute Gasteiger partial charge is 0.295 e. The third-order valence-electron chi connectivity index (χ3n) is 9.94. The van der Waals surface area contributed by atoms with Crippen LogP contribution in [0, 0.1) is 0 Å². The molecule has 0 atom stereocenters. The Bertz CT molecular complexity index is 3740. The normalized spacial score (nSPS) is 13.2. The maximum absolute atomic E-state index is 13.2. The van der Waals surface area contributed by atoms with E-state index in [9.17, 15) is 45.1 Å². The molecule has 0 spiro atoms. The number of hydrogen-bond donors (Lipinski definition) is 6. The molecular formula is C46H32N8O10S2. The molecule has 328 valence electrons. The minimum atomic E-state index is -4.93. The summed E-state index contributed by atoms with van der Waals surface area (Å²) in [6, 6.07) is 37.3. The molecule has 0 fully saturated rings. The zero-order valence-corrected chi connectivity index (χ0v) is 35.4. The van der Waals surface area contributed by atoms with Crippen LogP contribution in [0.3, 0.4) is 0 Å². The van der Waals surface area contributed by atoms with Crippen LogP contribution in [0.1, 0.15) is 11.1 Å². The van der Waals surface area contributed by atoms with E-state index in [4.69, 9.17) is 0 Å². The summed E-state index contributed by atoms with van der Waals surface area (Å²) in [5, 5.41) is 18.2. The standard InChI is InChI=1S/C46H32N8O10S2/c55-39-23-21-37(45(57)43(39)53-49-35-13-5-9-27-7-1-3-11-33(27)35)51-47-31-19-17-29(41(25-31)65(59,60)61)15-16-30-18-20-32(26-42(30)66(62,63)64)48-52-38-22-24-40(56)44(46(38)58)54-50-36-14-6-10-28-8-2-4-12-34(28)36/h1-26,47-50H,(H,59,60,61)(H,62,63,64)/b16-15+,51-37+,52-38+,53-43+,54-44+. The predicted octanol–water partition coefficient (Wildman–Crippen LogP) is 3.56. The van der Waals surface area contributed by atoms with Gasteiger partial charge in [-0.2, -0.15) is 37.2 Å². The summed E-state index contributed by atoms with van der Waals surface area (Å²) in [5.41, 5.74) is 8.42. The van der Waals surface area contributed by atoms with Gasteiger partial charge in [-0.15, -0.1) is 0 Å². The zero-order chi connectivity index (χ0) is 46.6. The summed E-state index contributed by atoms with van der Waals surface area (Å²) in [5.74, 6) is 0. The van der Waals surface area contributed by atoms with E-state index in [1.807, 2.05) is 60.7 Å². The van der Waals surface area contributed by atoms with Gasteiger partial charge < -0.3 is 0 Å². The van der Waals surface area contributed by atoms with Gasteiger partial charge in [0, 0.05) is 10.8 Å². The van der Waals surface area contributed by atoms with Gasteiger partial charge in [0.1, 0.15) is 20.5 Å². The number of nitrogens with zero attached hydrogens (tertiary/aromatic N) is 4. The summed E-state index contributed by atoms with van der Waals surface area (Å²) in [6.07, 6.45) is 2.33. The van der Waals surface area contributed by atoms with Gasteiger partial charge in [-0.1, -0.05) is 97.1 Å². The van der Waals surface area contributed by atoms with Crippen molar-refractivity contribution in [3.8, 4) is 0 Å². The smallest absolute Gasteiger partial charge is 0.287 e. The molecule has 66 heavy (non-hydrogen) atoms. The Morgan fingerprint density at radius 3 is 1.23 bits per heavy atom. The van der Waals surface area contributed by atoms with Gasteiger partial charge in [-0.25, -0.2) is 0 Å². The molecule has 8 aromatic carbocycles. The Morgan fingerprint density at radius 2 is 0.818 bits per heavy atom. The van der Waals surface area contributed by atoms with Crippen LogP contribution in [0.25, 0.3) is 33.7 Å². The molecule has 0 aliphatic carbocycles. The van der Waals surface area contributed by atoms with Crippen molar-refractivity contribution < 1.29 is 25.9 Å². The van der Waals surface area contributed by atoms with Crippen LogP contribution < -0.4 is 64.8 Å². The molecule has 0 unspecified atom stereocenters. The summed E-state index contributed by atoms with van der Waals surface area (Å²) in [7, 11) is -9.87. The molecule has 0 aliphatic heterocycles. The molecule has 8 rings (SSSR count). The number of hydrogen-bond acceptors (Lipinski definition) is 16.